The molecule has 1 unspecified atom stereocenters. The van der Waals surface area contributed by atoms with Gasteiger partial charge in [0.05, 0.1) is 0 Å². The molecule has 0 aromatic heterocycles. The van der Waals surface area contributed by atoms with E-state index in [2.05, 4.69) is 23.6 Å². The minimum atomic E-state index is -2.87. The first-order chi connectivity index (χ1) is 12.5. The highest BCUT2D eigenvalue weighted by Gasteiger charge is 2.09. The lowest BCUT2D eigenvalue weighted by Gasteiger charge is -1.99. The Kier molecular flexibility index (Phi) is 26.7. The van der Waals surface area contributed by atoms with Gasteiger partial charge < -0.3 is 0 Å². The van der Waals surface area contributed by atoms with Gasteiger partial charge in [0.25, 0.3) is 0 Å². The van der Waals surface area contributed by atoms with Gasteiger partial charge in [-0.05, 0) is 32.1 Å². The fourth-order valence-electron chi connectivity index (χ4n) is 2.49. The molecule has 0 amide bonds. The smallest absolute Gasteiger partial charge is 0.134 e. The molecule has 0 fully saturated rings. The molecule has 0 aromatic rings. The van der Waals surface area contributed by atoms with Crippen LogP contribution in [0.2, 0.25) is 0 Å². The maximum absolute atomic E-state index is 10.3. The molecular formula is C18H38O6P2+2. The van der Waals surface area contributed by atoms with Gasteiger partial charge in [-0.2, -0.15) is 0 Å². The molecule has 0 aliphatic carbocycles. The van der Waals surface area contributed by atoms with Crippen molar-refractivity contribution in [3.05, 3.63) is 12.2 Å². The summed E-state index contributed by atoms with van der Waals surface area (Å²) >= 11 is 0. The molecule has 0 radical (unpaired) electrons. The molecule has 0 heterocycles. The highest BCUT2D eigenvalue weighted by molar-refractivity contribution is 7.32. The van der Waals surface area contributed by atoms with Gasteiger partial charge in [-0.15, -0.1) is 19.2 Å². The molecule has 6 nitrogen and oxygen atoms in total. The summed E-state index contributed by atoms with van der Waals surface area (Å²) in [6.07, 6.45) is 22.4. The summed E-state index contributed by atoms with van der Waals surface area (Å²) < 4.78 is 23.6. The van der Waals surface area contributed by atoms with Gasteiger partial charge in [-0.25, -0.2) is 0 Å². The fourth-order valence-corrected chi connectivity index (χ4v) is 2.78. The first-order valence-electron chi connectivity index (χ1n) is 9.79. The van der Waals surface area contributed by atoms with E-state index >= 15 is 0 Å². The predicted molar refractivity (Wildman–Crippen MR) is 107 cm³/mol. The van der Waals surface area contributed by atoms with Crippen LogP contribution < -0.4 is 0 Å². The monoisotopic (exact) mass is 412 g/mol. The third-order valence-corrected chi connectivity index (χ3v) is 4.26. The summed E-state index contributed by atoms with van der Waals surface area (Å²) in [6.45, 7) is 2.67. The second-order valence-electron chi connectivity index (χ2n) is 6.26. The van der Waals surface area contributed by atoms with Crippen LogP contribution >= 0.6 is 16.5 Å². The third kappa shape index (κ3) is 35.0. The second-order valence-corrected chi connectivity index (χ2v) is 7.50. The molecule has 26 heavy (non-hydrogen) atoms. The number of rotatable bonds is 17. The van der Waals surface area contributed by atoms with Crippen molar-refractivity contribution in [1.82, 2.24) is 0 Å². The third-order valence-electron chi connectivity index (χ3n) is 3.86. The highest BCUT2D eigenvalue weighted by Crippen LogP contribution is 2.16. The van der Waals surface area contributed by atoms with Crippen molar-refractivity contribution >= 4 is 16.5 Å². The van der Waals surface area contributed by atoms with Crippen LogP contribution in [0.4, 0.5) is 0 Å². The molecule has 0 aromatic carbocycles. The molecular weight excluding hydrogens is 374 g/mol. The van der Waals surface area contributed by atoms with Crippen LogP contribution in [0.5, 0.6) is 0 Å². The first-order valence-corrected chi connectivity index (χ1v) is 12.1. The van der Waals surface area contributed by atoms with Crippen molar-refractivity contribution in [2.75, 3.05) is 6.61 Å². The Morgan fingerprint density at radius 2 is 1.08 bits per heavy atom. The van der Waals surface area contributed by atoms with Crippen molar-refractivity contribution in [3.63, 3.8) is 0 Å². The number of hydrogen-bond donors (Lipinski definition) is 3. The maximum atomic E-state index is 10.3. The van der Waals surface area contributed by atoms with Crippen molar-refractivity contribution < 1.29 is 28.3 Å². The van der Waals surface area contributed by atoms with Gasteiger partial charge in [0.2, 0.25) is 0 Å². The number of allylic oxidation sites excluding steroid dienone is 2. The Labute approximate surface area is 161 Å². The Bertz CT molecular complexity index is 347. The van der Waals surface area contributed by atoms with E-state index in [0.717, 1.165) is 12.8 Å². The molecule has 0 aliphatic rings. The van der Waals surface area contributed by atoms with E-state index in [1.807, 2.05) is 0 Å². The van der Waals surface area contributed by atoms with Crippen LogP contribution in [0.25, 0.3) is 0 Å². The Morgan fingerprint density at radius 1 is 0.692 bits per heavy atom. The van der Waals surface area contributed by atoms with E-state index in [4.69, 9.17) is 19.2 Å². The molecule has 0 rings (SSSR count). The zero-order valence-electron chi connectivity index (χ0n) is 16.2. The maximum Gasteiger partial charge on any atom is 0.694 e. The average molecular weight is 412 g/mol. The number of hydrogen-bond acceptors (Lipinski definition) is 3. The van der Waals surface area contributed by atoms with Gasteiger partial charge >= 0.3 is 16.5 Å². The molecule has 0 bridgehead atoms. The summed E-state index contributed by atoms with van der Waals surface area (Å²) in [5.74, 6) is 0. The van der Waals surface area contributed by atoms with Gasteiger partial charge in [0.1, 0.15) is 6.61 Å². The normalized spacial score (nSPS) is 11.3. The lowest BCUT2D eigenvalue weighted by Crippen LogP contribution is -1.87. The molecule has 154 valence electrons. The Morgan fingerprint density at radius 3 is 1.50 bits per heavy atom. The van der Waals surface area contributed by atoms with Crippen LogP contribution in [-0.4, -0.2) is 21.3 Å². The first kappa shape index (κ1) is 28.0. The molecule has 0 saturated heterocycles. The molecule has 8 heteroatoms. The van der Waals surface area contributed by atoms with E-state index in [-0.39, 0.29) is 0 Å². The summed E-state index contributed by atoms with van der Waals surface area (Å²) in [4.78, 5) is 22.7. The standard InChI is InChI=1S/C18H35O3P.HO3P/c1-2-3-4-5-6-7-8-9-10-11-12-13-14-15-16-17-18-21-22(19)20;1-4(2)3/h9-10H,2-8,11-18H2,1H3;(H-,1,2,3)/p+2/b10-9-;. The van der Waals surface area contributed by atoms with Crippen LogP contribution in [0, 0.1) is 0 Å². The zero-order valence-corrected chi connectivity index (χ0v) is 18.0. The summed E-state index contributed by atoms with van der Waals surface area (Å²) in [5.41, 5.74) is 0. The largest absolute Gasteiger partial charge is 0.694 e. The number of unbranched alkanes of at least 4 members (excludes halogenated alkanes) is 12. The van der Waals surface area contributed by atoms with E-state index in [9.17, 15) is 4.57 Å². The van der Waals surface area contributed by atoms with Gasteiger partial charge in [-0.1, -0.05) is 76.9 Å². The van der Waals surface area contributed by atoms with E-state index < -0.39 is 16.5 Å². The lowest BCUT2D eigenvalue weighted by atomic mass is 10.1. The van der Waals surface area contributed by atoms with Crippen molar-refractivity contribution in [3.8, 4) is 0 Å². The summed E-state index contributed by atoms with van der Waals surface area (Å²) in [6, 6.07) is 0. The molecule has 0 aliphatic heterocycles. The van der Waals surface area contributed by atoms with Crippen LogP contribution in [-0.2, 0) is 13.7 Å². The van der Waals surface area contributed by atoms with E-state index in [1.165, 1.54) is 77.0 Å². The van der Waals surface area contributed by atoms with Crippen molar-refractivity contribution in [2.24, 2.45) is 0 Å². The molecule has 1 atom stereocenters. The highest BCUT2D eigenvalue weighted by atomic mass is 31.1. The lowest BCUT2D eigenvalue weighted by molar-refractivity contribution is 0.273. The predicted octanol–water partition coefficient (Wildman–Crippen LogP) is 6.32. The summed E-state index contributed by atoms with van der Waals surface area (Å²) in [5, 5.41) is 0. The molecule has 3 N–H and O–H groups in total. The summed E-state index contributed by atoms with van der Waals surface area (Å²) in [7, 11) is -5.27. The van der Waals surface area contributed by atoms with Crippen molar-refractivity contribution in [1.29, 1.82) is 0 Å². The second kappa shape index (κ2) is 24.8. The minimum absolute atomic E-state index is 0.410. The fraction of sp³-hybridized carbons (Fsp3) is 0.889. The van der Waals surface area contributed by atoms with Gasteiger partial charge in [0, 0.05) is 9.13 Å². The van der Waals surface area contributed by atoms with Gasteiger partial charge in [0.15, 0.2) is 0 Å². The molecule has 0 spiro atoms. The van der Waals surface area contributed by atoms with Crippen molar-refractivity contribution in [2.45, 2.75) is 96.8 Å². The topological polar surface area (TPSA) is 104 Å². The quantitative estimate of drug-likeness (QED) is 0.147. The van der Waals surface area contributed by atoms with Crippen LogP contribution in [0.15, 0.2) is 12.2 Å². The van der Waals surface area contributed by atoms with Gasteiger partial charge in [-0.3, -0.25) is 0 Å². The minimum Gasteiger partial charge on any atom is -0.134 e. The molecule has 0 saturated carbocycles. The Balaban J connectivity index is 0. The van der Waals surface area contributed by atoms with E-state index in [0.29, 0.717) is 6.61 Å². The van der Waals surface area contributed by atoms with E-state index in [1.54, 1.807) is 0 Å². The Hall–Kier alpha value is -0.220. The SMILES string of the molecule is CCCCCCCC/C=C\CCCCCCCCO[P+](=O)O.O=[P+](O)O. The average Bonchev–Trinajstić information content (AvgIpc) is 2.57. The van der Waals surface area contributed by atoms with Crippen LogP contribution in [0.1, 0.15) is 96.8 Å². The zero-order chi connectivity index (χ0) is 19.9. The van der Waals surface area contributed by atoms with Crippen LogP contribution in [0.3, 0.4) is 0 Å².